The van der Waals surface area contributed by atoms with Crippen LogP contribution >= 0.6 is 0 Å². The molecule has 12 rings (SSSR count). The maximum atomic E-state index is 13.6. The van der Waals surface area contributed by atoms with Crippen molar-refractivity contribution in [1.29, 1.82) is 0 Å². The van der Waals surface area contributed by atoms with Gasteiger partial charge in [-0.05, 0) is 236 Å². The average molecular weight is 1340 g/mol. The molecule has 1 radical (unpaired) electrons. The number of aromatic hydroxyl groups is 2. The molecule has 0 fully saturated rings. The van der Waals surface area contributed by atoms with Crippen molar-refractivity contribution in [2.45, 2.75) is 256 Å². The third-order valence-electron chi connectivity index (χ3n) is 21.7. The number of benzene rings is 8. The van der Waals surface area contributed by atoms with Gasteiger partial charge in [0.25, 0.3) is 0 Å². The van der Waals surface area contributed by atoms with Crippen LogP contribution in [0.3, 0.4) is 0 Å². The van der Waals surface area contributed by atoms with Gasteiger partial charge in [-0.3, -0.25) is 0 Å². The largest absolute Gasteiger partial charge is 0.505 e. The first kappa shape index (κ1) is 72.7. The first-order chi connectivity index (χ1) is 45.0. The quantitative estimate of drug-likeness (QED) is 0.106. The van der Waals surface area contributed by atoms with Gasteiger partial charge in [0.2, 0.25) is 0 Å². The summed E-state index contributed by atoms with van der Waals surface area (Å²) >= 11 is 0. The van der Waals surface area contributed by atoms with E-state index in [4.69, 9.17) is 9.47 Å². The van der Waals surface area contributed by atoms with Crippen molar-refractivity contribution in [3.63, 3.8) is 0 Å². The van der Waals surface area contributed by atoms with Crippen molar-refractivity contribution >= 4 is 43.6 Å². The van der Waals surface area contributed by atoms with Gasteiger partial charge >= 0.3 is 0 Å². The molecule has 98 heavy (non-hydrogen) atoms. The maximum absolute atomic E-state index is 13.6. The minimum absolute atomic E-state index is 0. The van der Waals surface area contributed by atoms with Crippen LogP contribution in [0, 0.1) is 24.7 Å². The Morgan fingerprint density at radius 3 is 0.908 bits per heavy atom. The van der Waals surface area contributed by atoms with Crippen LogP contribution in [0.5, 0.6) is 23.0 Å². The first-order valence-corrected chi connectivity index (χ1v) is 36.5. The predicted octanol–water partition coefficient (Wildman–Crippen LogP) is 24.7. The molecule has 7 heteroatoms. The van der Waals surface area contributed by atoms with Gasteiger partial charge in [-0.25, -0.2) is 0 Å². The first-order valence-electron chi connectivity index (χ1n) is 36.5. The molecule has 0 amide bonds. The van der Waals surface area contributed by atoms with Crippen LogP contribution in [0.2, 0.25) is 0 Å². The molecule has 2 N–H and O–H groups in total. The Morgan fingerprint density at radius 2 is 0.633 bits per heavy atom. The monoisotopic (exact) mass is 1340 g/mol. The number of hydrogen-bond donors (Lipinski definition) is 2. The van der Waals surface area contributed by atoms with E-state index in [9.17, 15) is 10.2 Å². The second kappa shape index (κ2) is 25.5. The zero-order valence-electron chi connectivity index (χ0n) is 64.4. The number of aryl methyl sites for hydroxylation is 2. The zero-order chi connectivity index (χ0) is 70.4. The summed E-state index contributed by atoms with van der Waals surface area (Å²) in [6, 6.07) is 41.6. The van der Waals surface area contributed by atoms with Gasteiger partial charge in [-0.15, -0.1) is 0 Å². The minimum Gasteiger partial charge on any atom is -0.505 e. The molecule has 2 aliphatic carbocycles. The Balaban J connectivity index is 0.00000972. The summed E-state index contributed by atoms with van der Waals surface area (Å²) in [5, 5.41) is 31.9. The third kappa shape index (κ3) is 13.8. The predicted molar refractivity (Wildman–Crippen MR) is 414 cm³/mol. The fourth-order valence-corrected chi connectivity index (χ4v) is 17.1. The molecular formula is C91H114N2O4Sc. The summed E-state index contributed by atoms with van der Waals surface area (Å²) in [4.78, 5) is 0. The number of phenolic OH excluding ortho intramolecular Hbond substituents is 2. The molecule has 8 aromatic carbocycles. The summed E-state index contributed by atoms with van der Waals surface area (Å²) in [5.74, 6) is 2.25. The summed E-state index contributed by atoms with van der Waals surface area (Å²) in [6.07, 6.45) is 8.45. The molecular weight excluding hydrogens is 1230 g/mol. The maximum Gasteiger partial charge on any atom is 0.147 e. The Labute approximate surface area is 607 Å². The molecule has 0 bridgehead atoms. The molecule has 515 valence electrons. The molecule has 0 saturated carbocycles. The summed E-state index contributed by atoms with van der Waals surface area (Å²) < 4.78 is 19.4. The van der Waals surface area contributed by atoms with Gasteiger partial charge < -0.3 is 28.8 Å². The number of rotatable bonds is 14. The second-order valence-corrected chi connectivity index (χ2v) is 37.4. The standard InChI is InChI=1S/C91H114N2O4.Sc/c1-54-42-72(70-44-60(90(21,22)52-84(3,4)5)50-78(80(70)94)92-74-46-56(86(9,10)11)32-36-64(74)65-37-33-57(47-75(65)92)87(12,13)14)82(68-30-25-28-62(54)68)96-40-27-41-97-83-69-31-26-29-63(69)55(2)43-73(83)71-45-61(91(23,24)53-85(6,7)8)51-79(81(71)95)93-76-48-58(88(15,16)17)34-38-66(76)67-39-35-59(49-77(67)93)89(18,19)20;/h32-39,42-51,94-95H,25-31,40-41,52-53H2,1-24H3;. The topological polar surface area (TPSA) is 68.8 Å². The molecule has 2 heterocycles. The summed E-state index contributed by atoms with van der Waals surface area (Å²) in [5.41, 5.74) is 23.6. The molecule has 0 saturated heterocycles. The van der Waals surface area contributed by atoms with Crippen LogP contribution in [0.4, 0.5) is 0 Å². The van der Waals surface area contributed by atoms with Gasteiger partial charge in [0.05, 0.1) is 46.7 Å². The van der Waals surface area contributed by atoms with E-state index >= 15 is 0 Å². The van der Waals surface area contributed by atoms with Crippen LogP contribution in [0.25, 0.3) is 77.2 Å². The van der Waals surface area contributed by atoms with Gasteiger partial charge in [0.1, 0.15) is 23.0 Å². The van der Waals surface area contributed by atoms with Crippen molar-refractivity contribution in [1.82, 2.24) is 9.13 Å². The normalized spacial score (nSPS) is 14.3. The van der Waals surface area contributed by atoms with Crippen molar-refractivity contribution in [3.05, 3.63) is 176 Å². The fourth-order valence-electron chi connectivity index (χ4n) is 17.1. The van der Waals surface area contributed by atoms with Gasteiger partial charge in [0.15, 0.2) is 0 Å². The molecule has 6 nitrogen and oxygen atoms in total. The van der Waals surface area contributed by atoms with Crippen LogP contribution in [0.15, 0.2) is 109 Å². The number of nitrogens with zero attached hydrogens (tertiary/aromatic N) is 2. The van der Waals surface area contributed by atoms with Crippen molar-refractivity contribution < 1.29 is 45.5 Å². The van der Waals surface area contributed by atoms with E-state index in [0.717, 1.165) is 119 Å². The van der Waals surface area contributed by atoms with E-state index in [1.54, 1.807) is 0 Å². The van der Waals surface area contributed by atoms with Crippen LogP contribution in [-0.2, 0) is 84.0 Å². The Bertz CT molecular complexity index is 4320. The van der Waals surface area contributed by atoms with E-state index in [1.165, 1.54) is 88.3 Å². The smallest absolute Gasteiger partial charge is 0.147 e. The van der Waals surface area contributed by atoms with Gasteiger partial charge in [-0.2, -0.15) is 0 Å². The van der Waals surface area contributed by atoms with E-state index in [-0.39, 0.29) is 80.7 Å². The molecule has 0 atom stereocenters. The van der Waals surface area contributed by atoms with E-state index in [0.29, 0.717) is 19.6 Å². The van der Waals surface area contributed by atoms with Gasteiger partial charge in [0, 0.05) is 76.1 Å². The average Bonchev–Trinajstić information content (AvgIpc) is 1.54. The Hall–Kier alpha value is -6.57. The number of aromatic nitrogens is 2. The second-order valence-electron chi connectivity index (χ2n) is 37.4. The van der Waals surface area contributed by atoms with Crippen molar-refractivity contribution in [2.24, 2.45) is 10.8 Å². The Morgan fingerprint density at radius 1 is 0.347 bits per heavy atom. The van der Waals surface area contributed by atoms with Crippen LogP contribution in [0.1, 0.15) is 251 Å². The molecule has 2 aromatic heterocycles. The minimum atomic E-state index is -0.264. The summed E-state index contributed by atoms with van der Waals surface area (Å²) in [6.45, 7) is 56.3. The number of fused-ring (bicyclic) bond motifs is 8. The fraction of sp³-hybridized carbons (Fsp3) is 0.473. The molecule has 0 unspecified atom stereocenters. The van der Waals surface area contributed by atoms with E-state index in [2.05, 4.69) is 284 Å². The van der Waals surface area contributed by atoms with E-state index < -0.39 is 0 Å². The number of ether oxygens (including phenoxy) is 2. The van der Waals surface area contributed by atoms with Gasteiger partial charge in [-0.1, -0.05) is 201 Å². The van der Waals surface area contributed by atoms with Crippen molar-refractivity contribution in [3.8, 4) is 56.6 Å². The molecule has 0 aliphatic heterocycles. The Kier molecular flexibility index (Phi) is 18.9. The van der Waals surface area contributed by atoms with Crippen LogP contribution in [-0.4, -0.2) is 32.6 Å². The number of hydrogen-bond acceptors (Lipinski definition) is 4. The number of phenols is 2. The SMILES string of the molecule is Cc1cc(-c2cc(C(C)(C)CC(C)(C)C)cc(-n3c4cc(C(C)(C)C)ccc4c4ccc(C(C)(C)C)cc43)c2O)c(OCCCOc2c(-c3cc(C(C)(C)CC(C)(C)C)cc(-n4c5cc(C(C)(C)C)ccc5c5ccc(C(C)(C)C)cc54)c3O)cc(C)c3c2CCC3)c2c1CCC2.[Sc]. The van der Waals surface area contributed by atoms with Crippen molar-refractivity contribution in [2.75, 3.05) is 13.2 Å². The zero-order valence-corrected chi connectivity index (χ0v) is 66.2. The molecule has 0 spiro atoms. The van der Waals surface area contributed by atoms with E-state index in [1.807, 2.05) is 0 Å². The van der Waals surface area contributed by atoms with Crippen LogP contribution < -0.4 is 9.47 Å². The molecule has 2 aliphatic rings. The summed E-state index contributed by atoms with van der Waals surface area (Å²) in [7, 11) is 0. The molecule has 10 aromatic rings. The third-order valence-corrected chi connectivity index (χ3v) is 21.7.